The van der Waals surface area contributed by atoms with E-state index in [4.69, 9.17) is 4.74 Å². The molecule has 0 bridgehead atoms. The summed E-state index contributed by atoms with van der Waals surface area (Å²) in [5, 5.41) is 3.23. The van der Waals surface area contributed by atoms with Gasteiger partial charge in [-0.2, -0.15) is 4.98 Å². The minimum atomic E-state index is 0.688. The molecule has 0 spiro atoms. The summed E-state index contributed by atoms with van der Waals surface area (Å²) in [6.45, 7) is 1.94. The van der Waals surface area contributed by atoms with Crippen LogP contribution in [0.5, 0.6) is 5.75 Å². The van der Waals surface area contributed by atoms with Crippen molar-refractivity contribution in [3.63, 3.8) is 0 Å². The topological polar surface area (TPSA) is 55.2 Å². The number of fused-ring (bicyclic) bond motifs is 1. The normalized spacial score (nSPS) is 11.1. The van der Waals surface area contributed by atoms with Crippen LogP contribution in [0.3, 0.4) is 0 Å². The highest BCUT2D eigenvalue weighted by Gasteiger charge is 2.10. The number of halogens is 1. The summed E-state index contributed by atoms with van der Waals surface area (Å²) in [5.74, 6) is 2.43. The van der Waals surface area contributed by atoms with Crippen LogP contribution in [0.25, 0.3) is 5.78 Å². The zero-order valence-electron chi connectivity index (χ0n) is 10.6. The lowest BCUT2D eigenvalue weighted by molar-refractivity contribution is 0.414. The first-order valence-corrected chi connectivity index (χ1v) is 6.69. The van der Waals surface area contributed by atoms with Gasteiger partial charge >= 0.3 is 0 Å². The van der Waals surface area contributed by atoms with Crippen molar-refractivity contribution < 1.29 is 4.74 Å². The molecule has 0 aliphatic rings. The van der Waals surface area contributed by atoms with E-state index in [0.717, 1.165) is 28.3 Å². The van der Waals surface area contributed by atoms with Crippen molar-refractivity contribution in [2.45, 2.75) is 13.3 Å². The number of ether oxygens (including phenoxy) is 1. The number of benzene rings is 1. The highest BCUT2D eigenvalue weighted by atomic mass is 79.9. The van der Waals surface area contributed by atoms with Crippen molar-refractivity contribution in [2.24, 2.45) is 0 Å². The van der Waals surface area contributed by atoms with E-state index in [0.29, 0.717) is 5.78 Å². The van der Waals surface area contributed by atoms with E-state index < -0.39 is 0 Å². The van der Waals surface area contributed by atoms with Gasteiger partial charge in [0, 0.05) is 6.42 Å². The van der Waals surface area contributed by atoms with Crippen LogP contribution in [0.4, 0.5) is 0 Å². The zero-order chi connectivity index (χ0) is 13.4. The minimum absolute atomic E-state index is 0.688. The Morgan fingerprint density at radius 3 is 2.63 bits per heavy atom. The van der Waals surface area contributed by atoms with E-state index in [-0.39, 0.29) is 0 Å². The molecular weight excluding hydrogens is 308 g/mol. The number of aromatic amines is 1. The van der Waals surface area contributed by atoms with Gasteiger partial charge in [-0.1, -0.05) is 12.1 Å². The predicted molar refractivity (Wildman–Crippen MR) is 75.6 cm³/mol. The third-order valence-corrected chi connectivity index (χ3v) is 3.90. The highest BCUT2D eigenvalue weighted by molar-refractivity contribution is 9.10. The van der Waals surface area contributed by atoms with Crippen LogP contribution in [-0.2, 0) is 6.42 Å². The van der Waals surface area contributed by atoms with Crippen molar-refractivity contribution in [1.82, 2.24) is 19.6 Å². The number of imidazole rings is 1. The molecule has 0 radical (unpaired) electrons. The summed E-state index contributed by atoms with van der Waals surface area (Å²) < 4.78 is 7.89. The Labute approximate surface area is 118 Å². The lowest BCUT2D eigenvalue weighted by atomic mass is 10.1. The van der Waals surface area contributed by atoms with E-state index in [1.807, 2.05) is 35.7 Å². The Hall–Kier alpha value is -1.82. The fourth-order valence-corrected chi connectivity index (χ4v) is 2.30. The molecule has 0 atom stereocenters. The van der Waals surface area contributed by atoms with Crippen molar-refractivity contribution >= 4 is 21.7 Å². The molecule has 5 nitrogen and oxygen atoms in total. The third-order valence-electron chi connectivity index (χ3n) is 2.97. The zero-order valence-corrected chi connectivity index (χ0v) is 12.2. The summed E-state index contributed by atoms with van der Waals surface area (Å²) in [7, 11) is 1.66. The van der Waals surface area contributed by atoms with E-state index in [2.05, 4.69) is 31.0 Å². The van der Waals surface area contributed by atoms with Gasteiger partial charge in [-0.25, -0.2) is 9.50 Å². The van der Waals surface area contributed by atoms with Gasteiger partial charge in [-0.3, -0.25) is 5.10 Å². The van der Waals surface area contributed by atoms with Gasteiger partial charge in [0.1, 0.15) is 16.2 Å². The number of hydrogen-bond acceptors (Lipinski definition) is 3. The quantitative estimate of drug-likeness (QED) is 0.807. The molecule has 2 aromatic heterocycles. The van der Waals surface area contributed by atoms with Gasteiger partial charge in [0.2, 0.25) is 0 Å². The second-order valence-electron chi connectivity index (χ2n) is 4.32. The molecule has 6 heteroatoms. The van der Waals surface area contributed by atoms with E-state index in [1.54, 1.807) is 7.11 Å². The van der Waals surface area contributed by atoms with E-state index >= 15 is 0 Å². The summed E-state index contributed by atoms with van der Waals surface area (Å²) in [6, 6.07) is 7.96. The first-order chi connectivity index (χ1) is 9.17. The molecule has 1 N–H and O–H groups in total. The first kappa shape index (κ1) is 12.2. The molecule has 0 aliphatic heterocycles. The fraction of sp³-hybridized carbons (Fsp3) is 0.231. The predicted octanol–water partition coefficient (Wildman–Crippen LogP) is 2.73. The number of methoxy groups -OCH3 is 1. The van der Waals surface area contributed by atoms with Crippen LogP contribution in [-0.4, -0.2) is 26.7 Å². The van der Waals surface area contributed by atoms with Crippen molar-refractivity contribution in [2.75, 3.05) is 7.11 Å². The van der Waals surface area contributed by atoms with Gasteiger partial charge in [0.25, 0.3) is 5.78 Å². The van der Waals surface area contributed by atoms with Crippen LogP contribution in [0.2, 0.25) is 0 Å². The maximum Gasteiger partial charge on any atom is 0.251 e. The second-order valence-corrected chi connectivity index (χ2v) is 5.07. The lowest BCUT2D eigenvalue weighted by Gasteiger charge is -2.01. The highest BCUT2D eigenvalue weighted by Crippen LogP contribution is 2.18. The Bertz CT molecular complexity index is 714. The smallest absolute Gasteiger partial charge is 0.251 e. The molecule has 3 rings (SSSR count). The van der Waals surface area contributed by atoms with Crippen LogP contribution in [0.15, 0.2) is 28.9 Å². The Morgan fingerprint density at radius 2 is 2.00 bits per heavy atom. The minimum Gasteiger partial charge on any atom is -0.497 e. The van der Waals surface area contributed by atoms with Gasteiger partial charge < -0.3 is 4.74 Å². The average Bonchev–Trinajstić information content (AvgIpc) is 2.91. The average molecular weight is 321 g/mol. The summed E-state index contributed by atoms with van der Waals surface area (Å²) >= 11 is 3.48. The molecule has 0 saturated heterocycles. The molecule has 0 unspecified atom stereocenters. The number of rotatable bonds is 3. The molecule has 2 heterocycles. The summed E-state index contributed by atoms with van der Waals surface area (Å²) in [6.07, 6.45) is 0.735. The van der Waals surface area contributed by atoms with Gasteiger partial charge in [-0.15, -0.1) is 0 Å². The van der Waals surface area contributed by atoms with Gasteiger partial charge in [-0.05, 0) is 40.5 Å². The maximum absolute atomic E-state index is 5.14. The second kappa shape index (κ2) is 4.70. The van der Waals surface area contributed by atoms with Crippen molar-refractivity contribution in [3.8, 4) is 5.75 Å². The Balaban J connectivity index is 1.87. The molecule has 19 heavy (non-hydrogen) atoms. The third kappa shape index (κ3) is 2.23. The molecule has 0 amide bonds. The van der Waals surface area contributed by atoms with Crippen molar-refractivity contribution in [3.05, 3.63) is 46.0 Å². The lowest BCUT2D eigenvalue weighted by Crippen LogP contribution is -1.93. The molecule has 0 saturated carbocycles. The van der Waals surface area contributed by atoms with Crippen LogP contribution in [0.1, 0.15) is 17.1 Å². The molecule has 0 fully saturated rings. The molecular formula is C13H13BrN4O. The molecule has 1 aromatic carbocycles. The largest absolute Gasteiger partial charge is 0.497 e. The first-order valence-electron chi connectivity index (χ1n) is 5.90. The summed E-state index contributed by atoms with van der Waals surface area (Å²) in [5.41, 5.74) is 2.10. The Kier molecular flexibility index (Phi) is 3.02. The number of nitrogens with one attached hydrogen (secondary N) is 1. The SMILES string of the molecule is COc1ccc(Cc2nc3nc(C)c(Br)n3[nH]2)cc1. The van der Waals surface area contributed by atoms with Crippen molar-refractivity contribution in [1.29, 1.82) is 0 Å². The van der Waals surface area contributed by atoms with Crippen LogP contribution in [0, 0.1) is 6.92 Å². The summed E-state index contributed by atoms with van der Waals surface area (Å²) in [4.78, 5) is 8.82. The number of aromatic nitrogens is 4. The van der Waals surface area contributed by atoms with Crippen LogP contribution < -0.4 is 4.74 Å². The Morgan fingerprint density at radius 1 is 1.26 bits per heavy atom. The molecule has 0 aliphatic carbocycles. The monoisotopic (exact) mass is 320 g/mol. The van der Waals surface area contributed by atoms with Gasteiger partial charge in [0.05, 0.1) is 12.8 Å². The van der Waals surface area contributed by atoms with Gasteiger partial charge in [0.15, 0.2) is 0 Å². The van der Waals surface area contributed by atoms with E-state index in [1.165, 1.54) is 5.56 Å². The number of aryl methyl sites for hydroxylation is 1. The number of hydrogen-bond donors (Lipinski definition) is 1. The maximum atomic E-state index is 5.14. The fourth-order valence-electron chi connectivity index (χ4n) is 1.96. The number of H-pyrrole nitrogens is 1. The molecule has 98 valence electrons. The van der Waals surface area contributed by atoms with Crippen LogP contribution >= 0.6 is 15.9 Å². The number of nitrogens with zero attached hydrogens (tertiary/aromatic N) is 3. The van der Waals surface area contributed by atoms with E-state index in [9.17, 15) is 0 Å². The molecule has 3 aromatic rings. The standard InChI is InChI=1S/C13H13BrN4O/c1-8-12(14)18-13(15-8)16-11(17-18)7-9-3-5-10(19-2)6-4-9/h3-6H,7H2,1-2H3,(H,15,16,17).